The van der Waals surface area contributed by atoms with Gasteiger partial charge in [0.25, 0.3) is 0 Å². The summed E-state index contributed by atoms with van der Waals surface area (Å²) in [6.45, 7) is 8.00. The Labute approximate surface area is 116 Å². The molecule has 110 valence electrons. The van der Waals surface area contributed by atoms with Crippen molar-refractivity contribution in [2.24, 2.45) is 5.92 Å². The van der Waals surface area contributed by atoms with E-state index >= 15 is 0 Å². The third-order valence-electron chi connectivity index (χ3n) is 1.74. The van der Waals surface area contributed by atoms with Crippen LogP contribution in [0.15, 0.2) is 0 Å². The number of hydrogen-bond acceptors (Lipinski definition) is 5. The Kier molecular flexibility index (Phi) is 8.11. The lowest BCUT2D eigenvalue weighted by atomic mass is 10.2. The van der Waals surface area contributed by atoms with Gasteiger partial charge in [-0.25, -0.2) is 4.57 Å². The second-order valence-electron chi connectivity index (χ2n) is 5.98. The van der Waals surface area contributed by atoms with Crippen LogP contribution in [0, 0.1) is 5.92 Å². The van der Waals surface area contributed by atoms with Crippen LogP contribution in [0.4, 0.5) is 0 Å². The molecule has 0 bridgehead atoms. The molecule has 0 spiro atoms. The standard InChI is InChI=1S/C12H28NO3PS/c1-11(2)10-15-17(14,16-12(3,4)5)18-9-8-13(6)7/h11H,8-10H2,1-7H3. The molecule has 0 aliphatic rings. The van der Waals surface area contributed by atoms with E-state index in [1.54, 1.807) is 0 Å². The summed E-state index contributed by atoms with van der Waals surface area (Å²) in [5.74, 6) is 1.08. The molecule has 0 aromatic carbocycles. The zero-order valence-electron chi connectivity index (χ0n) is 12.7. The first-order valence-corrected chi connectivity index (χ1v) is 9.42. The molecule has 1 atom stereocenters. The Morgan fingerprint density at radius 3 is 2.22 bits per heavy atom. The second-order valence-corrected chi connectivity index (χ2v) is 10.1. The summed E-state index contributed by atoms with van der Waals surface area (Å²) in [5.41, 5.74) is -0.461. The van der Waals surface area contributed by atoms with Crippen molar-refractivity contribution in [3.63, 3.8) is 0 Å². The van der Waals surface area contributed by atoms with Crippen molar-refractivity contribution in [1.82, 2.24) is 4.90 Å². The summed E-state index contributed by atoms with van der Waals surface area (Å²) in [7, 11) is 3.98. The molecule has 4 nitrogen and oxygen atoms in total. The lowest BCUT2D eigenvalue weighted by Crippen LogP contribution is -2.19. The molecule has 18 heavy (non-hydrogen) atoms. The van der Waals surface area contributed by atoms with E-state index in [0.717, 1.165) is 12.3 Å². The molecular formula is C12H28NO3PS. The predicted molar refractivity (Wildman–Crippen MR) is 80.2 cm³/mol. The Morgan fingerprint density at radius 2 is 1.83 bits per heavy atom. The highest BCUT2D eigenvalue weighted by atomic mass is 32.7. The summed E-state index contributed by atoms with van der Waals surface area (Å²) in [6, 6.07) is 0. The maximum atomic E-state index is 12.6. The van der Waals surface area contributed by atoms with Crippen molar-refractivity contribution in [2.45, 2.75) is 40.2 Å². The van der Waals surface area contributed by atoms with Crippen LogP contribution in [0.5, 0.6) is 0 Å². The van der Waals surface area contributed by atoms with E-state index < -0.39 is 12.4 Å². The van der Waals surface area contributed by atoms with Crippen LogP contribution in [-0.4, -0.2) is 43.5 Å². The molecule has 0 heterocycles. The molecule has 0 aliphatic carbocycles. The average Bonchev–Trinajstić information content (AvgIpc) is 2.11. The van der Waals surface area contributed by atoms with Crippen LogP contribution in [0.2, 0.25) is 0 Å². The summed E-state index contributed by atoms with van der Waals surface area (Å²) in [6.07, 6.45) is 0. The Balaban J connectivity index is 4.45. The van der Waals surface area contributed by atoms with Crippen LogP contribution in [0.25, 0.3) is 0 Å². The summed E-state index contributed by atoms with van der Waals surface area (Å²) in [4.78, 5) is 2.05. The van der Waals surface area contributed by atoms with E-state index in [1.807, 2.05) is 48.7 Å². The maximum Gasteiger partial charge on any atom is 0.389 e. The molecular weight excluding hydrogens is 269 g/mol. The van der Waals surface area contributed by atoms with Gasteiger partial charge in [0.15, 0.2) is 0 Å². The average molecular weight is 297 g/mol. The van der Waals surface area contributed by atoms with Gasteiger partial charge < -0.3 is 9.42 Å². The van der Waals surface area contributed by atoms with Gasteiger partial charge in [0.2, 0.25) is 0 Å². The molecule has 0 aromatic heterocycles. The number of rotatable bonds is 8. The molecule has 0 N–H and O–H groups in total. The van der Waals surface area contributed by atoms with Gasteiger partial charge in [0.1, 0.15) is 0 Å². The predicted octanol–water partition coefficient (Wildman–Crippen LogP) is 3.88. The fourth-order valence-electron chi connectivity index (χ4n) is 1.00. The topological polar surface area (TPSA) is 38.8 Å². The van der Waals surface area contributed by atoms with Gasteiger partial charge in [-0.15, -0.1) is 0 Å². The molecule has 0 saturated heterocycles. The molecule has 0 saturated carbocycles. The first kappa shape index (κ1) is 18.5. The van der Waals surface area contributed by atoms with Crippen LogP contribution in [0.1, 0.15) is 34.6 Å². The molecule has 0 radical (unpaired) electrons. The lowest BCUT2D eigenvalue weighted by Gasteiger charge is -2.27. The fourth-order valence-corrected chi connectivity index (χ4v) is 5.15. The van der Waals surface area contributed by atoms with Crippen LogP contribution in [0.3, 0.4) is 0 Å². The van der Waals surface area contributed by atoms with Crippen molar-refractivity contribution >= 4 is 18.2 Å². The lowest BCUT2D eigenvalue weighted by molar-refractivity contribution is 0.0997. The normalized spacial score (nSPS) is 16.3. The molecule has 0 aliphatic heterocycles. The minimum absolute atomic E-state index is 0.344. The highest BCUT2D eigenvalue weighted by Gasteiger charge is 2.31. The molecule has 1 unspecified atom stereocenters. The SMILES string of the molecule is CC(C)COP(=O)(OC(C)(C)C)SCCN(C)C. The minimum Gasteiger partial charge on any atom is -0.309 e. The van der Waals surface area contributed by atoms with Gasteiger partial charge >= 0.3 is 6.80 Å². The van der Waals surface area contributed by atoms with Gasteiger partial charge in [-0.2, -0.15) is 0 Å². The molecule has 6 heteroatoms. The zero-order valence-corrected chi connectivity index (χ0v) is 14.4. The summed E-state index contributed by atoms with van der Waals surface area (Å²) < 4.78 is 23.8. The maximum absolute atomic E-state index is 12.6. The minimum atomic E-state index is -3.06. The first-order valence-electron chi connectivity index (χ1n) is 6.29. The molecule has 0 amide bonds. The highest BCUT2D eigenvalue weighted by molar-refractivity contribution is 8.55. The molecule has 0 fully saturated rings. The summed E-state index contributed by atoms with van der Waals surface area (Å²) in [5, 5.41) is 0. The van der Waals surface area contributed by atoms with Crippen LogP contribution >= 0.6 is 18.2 Å². The Bertz CT molecular complexity index is 277. The first-order chi connectivity index (χ1) is 8.04. The van der Waals surface area contributed by atoms with E-state index in [1.165, 1.54) is 11.4 Å². The van der Waals surface area contributed by atoms with E-state index in [9.17, 15) is 4.57 Å². The Morgan fingerprint density at radius 1 is 1.28 bits per heavy atom. The highest BCUT2D eigenvalue weighted by Crippen LogP contribution is 2.62. The largest absolute Gasteiger partial charge is 0.389 e. The van der Waals surface area contributed by atoms with Crippen molar-refractivity contribution in [3.8, 4) is 0 Å². The Hall–Kier alpha value is 0.460. The second kappa shape index (κ2) is 7.91. The van der Waals surface area contributed by atoms with Crippen LogP contribution in [-0.2, 0) is 13.6 Å². The molecule has 0 aromatic rings. The third-order valence-corrected chi connectivity index (χ3v) is 5.69. The van der Waals surface area contributed by atoms with E-state index in [2.05, 4.69) is 4.90 Å². The number of hydrogen-bond donors (Lipinski definition) is 0. The quantitative estimate of drug-likeness (QED) is 0.636. The van der Waals surface area contributed by atoms with Gasteiger partial charge in [-0.05, 0) is 52.2 Å². The van der Waals surface area contributed by atoms with Gasteiger partial charge in [0, 0.05) is 12.3 Å². The number of nitrogens with zero attached hydrogens (tertiary/aromatic N) is 1. The van der Waals surface area contributed by atoms with E-state index in [4.69, 9.17) is 9.05 Å². The van der Waals surface area contributed by atoms with Crippen molar-refractivity contribution in [2.75, 3.05) is 33.0 Å². The fraction of sp³-hybridized carbons (Fsp3) is 1.00. The van der Waals surface area contributed by atoms with E-state index in [0.29, 0.717) is 12.5 Å². The third kappa shape index (κ3) is 10.4. The van der Waals surface area contributed by atoms with Crippen molar-refractivity contribution in [1.29, 1.82) is 0 Å². The van der Waals surface area contributed by atoms with E-state index in [-0.39, 0.29) is 0 Å². The van der Waals surface area contributed by atoms with Gasteiger partial charge in [-0.3, -0.25) is 4.52 Å². The van der Waals surface area contributed by atoms with Crippen LogP contribution < -0.4 is 0 Å². The monoisotopic (exact) mass is 297 g/mol. The molecule has 0 rings (SSSR count). The van der Waals surface area contributed by atoms with Crippen molar-refractivity contribution in [3.05, 3.63) is 0 Å². The zero-order chi connectivity index (χ0) is 14.4. The summed E-state index contributed by atoms with van der Waals surface area (Å²) >= 11 is 1.29. The van der Waals surface area contributed by atoms with Gasteiger partial charge in [-0.1, -0.05) is 13.8 Å². The van der Waals surface area contributed by atoms with Gasteiger partial charge in [0.05, 0.1) is 12.2 Å². The smallest absolute Gasteiger partial charge is 0.309 e. The van der Waals surface area contributed by atoms with Crippen molar-refractivity contribution < 1.29 is 13.6 Å².